The predicted molar refractivity (Wildman–Crippen MR) is 189 cm³/mol. The van der Waals surface area contributed by atoms with Gasteiger partial charge in [-0.05, 0) is 82.2 Å². The molecule has 3 fully saturated rings. The van der Waals surface area contributed by atoms with Gasteiger partial charge in [-0.1, -0.05) is 61.7 Å². The molecule has 7 rings (SSSR count). The van der Waals surface area contributed by atoms with Gasteiger partial charge >= 0.3 is 5.97 Å². The summed E-state index contributed by atoms with van der Waals surface area (Å²) in [5.41, 5.74) is 1.40. The Morgan fingerprint density at radius 1 is 0.878 bits per heavy atom. The van der Waals surface area contributed by atoms with Gasteiger partial charge in [0, 0.05) is 35.7 Å². The van der Waals surface area contributed by atoms with Gasteiger partial charge in [0.1, 0.15) is 17.3 Å². The molecule has 4 heterocycles. The molecule has 4 aliphatic rings. The first-order chi connectivity index (χ1) is 23.8. The van der Waals surface area contributed by atoms with Crippen LogP contribution in [0.15, 0.2) is 71.5 Å². The molecule has 3 N–H and O–H groups in total. The van der Waals surface area contributed by atoms with E-state index in [0.717, 1.165) is 87.0 Å². The van der Waals surface area contributed by atoms with Crippen LogP contribution in [-0.2, 0) is 14.4 Å². The third-order valence-corrected chi connectivity index (χ3v) is 10.5. The Balaban J connectivity index is 0.000000188. The first-order valence-electron chi connectivity index (χ1n) is 17.8. The fourth-order valence-electron chi connectivity index (χ4n) is 7.62. The topological polar surface area (TPSA) is 132 Å². The number of hydrogen-bond donors (Lipinski definition) is 3. The highest BCUT2D eigenvalue weighted by molar-refractivity contribution is 5.95. The van der Waals surface area contributed by atoms with Crippen LogP contribution in [-0.4, -0.2) is 82.0 Å². The summed E-state index contributed by atoms with van der Waals surface area (Å²) in [4.78, 5) is 58.1. The van der Waals surface area contributed by atoms with Crippen molar-refractivity contribution in [3.05, 3.63) is 77.0 Å². The van der Waals surface area contributed by atoms with Crippen LogP contribution in [0.5, 0.6) is 5.75 Å². The lowest BCUT2D eigenvalue weighted by Crippen LogP contribution is -2.56. The molecule has 2 unspecified atom stereocenters. The molecule has 260 valence electrons. The van der Waals surface area contributed by atoms with Crippen LogP contribution in [0.1, 0.15) is 70.6 Å². The number of aromatic nitrogens is 1. The number of nitrogens with one attached hydrogen (secondary N) is 2. The molecular formula is C39H48N4O6. The van der Waals surface area contributed by atoms with E-state index in [9.17, 15) is 24.3 Å². The van der Waals surface area contributed by atoms with Gasteiger partial charge in [-0.2, -0.15) is 0 Å². The van der Waals surface area contributed by atoms with Crippen molar-refractivity contribution >= 4 is 28.7 Å². The average molecular weight is 669 g/mol. The standard InChI is InChI=1S/C23H35N3O4.C16H13NO2/c27-20-18-12-9-15-26(18)21(28)19(25-13-7-4-8-14-25)11-6-3-1-2-5-10-17-16-23(17,24-20)22(29)30;1-19-12-7-8-13-15(9-12)17-14(10-16(13)18)11-5-3-2-4-6-11/h5,10,17-19H,1-4,6-9,11-16H2,(H,24,27)(H,29,30);2-10H,1H3,(H,17,18)/b10-5-;/t17?,18-,19-,23?;/m0./s1. The van der Waals surface area contributed by atoms with Crippen LogP contribution in [0.2, 0.25) is 0 Å². The molecule has 0 radical (unpaired) electrons. The Morgan fingerprint density at radius 2 is 1.63 bits per heavy atom. The van der Waals surface area contributed by atoms with E-state index in [-0.39, 0.29) is 29.2 Å². The predicted octanol–water partition coefficient (Wildman–Crippen LogP) is 5.52. The van der Waals surface area contributed by atoms with Crippen LogP contribution in [0.4, 0.5) is 0 Å². The van der Waals surface area contributed by atoms with Gasteiger partial charge in [-0.25, -0.2) is 4.79 Å². The minimum absolute atomic E-state index is 0.00950. The van der Waals surface area contributed by atoms with Crippen LogP contribution in [0, 0.1) is 5.92 Å². The zero-order valence-corrected chi connectivity index (χ0v) is 28.4. The highest BCUT2D eigenvalue weighted by atomic mass is 16.5. The molecule has 2 saturated heterocycles. The van der Waals surface area contributed by atoms with Crippen molar-refractivity contribution in [2.75, 3.05) is 26.7 Å². The lowest BCUT2D eigenvalue weighted by Gasteiger charge is -2.37. The lowest BCUT2D eigenvalue weighted by atomic mass is 10.0. The van der Waals surface area contributed by atoms with Crippen molar-refractivity contribution in [1.29, 1.82) is 0 Å². The highest BCUT2D eigenvalue weighted by Crippen LogP contribution is 2.45. The van der Waals surface area contributed by atoms with Crippen molar-refractivity contribution < 1.29 is 24.2 Å². The number of allylic oxidation sites excluding steroid dienone is 1. The molecule has 0 spiro atoms. The minimum Gasteiger partial charge on any atom is -0.497 e. The number of benzene rings is 2. The summed E-state index contributed by atoms with van der Waals surface area (Å²) in [6, 6.07) is 16.1. The Morgan fingerprint density at radius 3 is 2.39 bits per heavy atom. The van der Waals surface area contributed by atoms with Gasteiger partial charge in [-0.3, -0.25) is 19.3 Å². The Hall–Kier alpha value is -4.44. The second kappa shape index (κ2) is 15.4. The number of fused-ring (bicyclic) bond motifs is 3. The molecule has 10 heteroatoms. The number of methoxy groups -OCH3 is 1. The van der Waals surface area contributed by atoms with E-state index in [1.807, 2.05) is 42.5 Å². The number of amides is 2. The molecule has 4 atom stereocenters. The second-order valence-corrected chi connectivity index (χ2v) is 13.8. The van der Waals surface area contributed by atoms with E-state index in [0.29, 0.717) is 24.8 Å². The Bertz CT molecular complexity index is 1730. The van der Waals surface area contributed by atoms with Gasteiger partial charge in [-0.15, -0.1) is 0 Å². The fraction of sp³-hybridized carbons (Fsp3) is 0.487. The largest absolute Gasteiger partial charge is 0.497 e. The van der Waals surface area contributed by atoms with Crippen LogP contribution >= 0.6 is 0 Å². The van der Waals surface area contributed by atoms with E-state index in [2.05, 4.69) is 21.3 Å². The smallest absolute Gasteiger partial charge is 0.330 e. The number of aliphatic carboxylic acids is 1. The van der Waals surface area contributed by atoms with Gasteiger partial charge in [0.15, 0.2) is 5.43 Å². The maximum absolute atomic E-state index is 13.6. The number of pyridine rings is 1. The van der Waals surface area contributed by atoms with Crippen molar-refractivity contribution in [2.24, 2.45) is 5.92 Å². The third kappa shape index (κ3) is 7.75. The average Bonchev–Trinajstić information content (AvgIpc) is 3.59. The van der Waals surface area contributed by atoms with Gasteiger partial charge in [0.05, 0.1) is 18.7 Å². The SMILES string of the molecule is COc1ccc2c(=O)cc(-c3ccccc3)[nH]c2c1.O=C1NC2(C(=O)O)CC2/C=C\CCCCC[C@H](N2CCCCC2)C(=O)N2CCC[C@@H]12. The number of likely N-dealkylation sites (tertiary alicyclic amines) is 1. The van der Waals surface area contributed by atoms with Gasteiger partial charge < -0.3 is 25.0 Å². The van der Waals surface area contributed by atoms with Crippen LogP contribution in [0.25, 0.3) is 22.2 Å². The number of carboxylic acid groups (broad SMARTS) is 1. The summed E-state index contributed by atoms with van der Waals surface area (Å²) in [5.74, 6) is -0.633. The van der Waals surface area contributed by atoms with E-state index < -0.39 is 17.6 Å². The Kier molecular flexibility index (Phi) is 10.8. The Labute approximate surface area is 287 Å². The van der Waals surface area contributed by atoms with E-state index >= 15 is 0 Å². The van der Waals surface area contributed by atoms with Crippen molar-refractivity contribution in [3.63, 3.8) is 0 Å². The molecule has 1 aliphatic carbocycles. The quantitative estimate of drug-likeness (QED) is 0.312. The van der Waals surface area contributed by atoms with E-state index in [1.165, 1.54) is 6.42 Å². The number of H-pyrrole nitrogens is 1. The molecule has 49 heavy (non-hydrogen) atoms. The summed E-state index contributed by atoms with van der Waals surface area (Å²) >= 11 is 0. The number of rotatable bonds is 4. The number of carbonyl (C=O) groups excluding carboxylic acids is 2. The fourth-order valence-corrected chi connectivity index (χ4v) is 7.62. The lowest BCUT2D eigenvalue weighted by molar-refractivity contribution is -0.146. The summed E-state index contributed by atoms with van der Waals surface area (Å²) in [6.07, 6.45) is 14.2. The number of carboxylic acids is 1. The van der Waals surface area contributed by atoms with Gasteiger partial charge in [0.25, 0.3) is 0 Å². The molecule has 0 bridgehead atoms. The zero-order chi connectivity index (χ0) is 34.4. The second-order valence-electron chi connectivity index (χ2n) is 13.8. The van der Waals surface area contributed by atoms with Gasteiger partial charge in [0.2, 0.25) is 11.8 Å². The van der Waals surface area contributed by atoms with Crippen LogP contribution < -0.4 is 15.5 Å². The molecule has 2 amide bonds. The van der Waals surface area contributed by atoms with Crippen LogP contribution in [0.3, 0.4) is 0 Å². The maximum Gasteiger partial charge on any atom is 0.330 e. The summed E-state index contributed by atoms with van der Waals surface area (Å²) in [7, 11) is 1.61. The summed E-state index contributed by atoms with van der Waals surface area (Å²) in [6.45, 7) is 2.49. The summed E-state index contributed by atoms with van der Waals surface area (Å²) in [5, 5.41) is 13.3. The molecule has 1 saturated carbocycles. The molecular weight excluding hydrogens is 620 g/mol. The zero-order valence-electron chi connectivity index (χ0n) is 28.4. The maximum atomic E-state index is 13.6. The minimum atomic E-state index is -1.20. The normalized spacial score (nSPS) is 27.0. The highest BCUT2D eigenvalue weighted by Gasteiger charge is 2.61. The third-order valence-electron chi connectivity index (χ3n) is 10.5. The summed E-state index contributed by atoms with van der Waals surface area (Å²) < 4.78 is 5.19. The molecule has 2 aromatic carbocycles. The first-order valence-corrected chi connectivity index (χ1v) is 17.8. The first kappa shape index (κ1) is 34.4. The molecule has 3 aliphatic heterocycles. The number of hydrogen-bond acceptors (Lipinski definition) is 6. The van der Waals surface area contributed by atoms with Crippen molar-refractivity contribution in [1.82, 2.24) is 20.1 Å². The number of nitrogens with zero attached hydrogens (tertiary/aromatic N) is 2. The number of carbonyl (C=O) groups is 3. The monoisotopic (exact) mass is 668 g/mol. The molecule has 10 nitrogen and oxygen atoms in total. The molecule has 1 aromatic heterocycles. The van der Waals surface area contributed by atoms with Crippen molar-refractivity contribution in [2.45, 2.75) is 88.3 Å². The number of aromatic amines is 1. The number of piperidine rings is 1. The molecule has 3 aromatic rings. The number of ether oxygens (including phenoxy) is 1. The van der Waals surface area contributed by atoms with E-state index in [1.54, 1.807) is 30.2 Å². The van der Waals surface area contributed by atoms with Crippen molar-refractivity contribution in [3.8, 4) is 17.0 Å². The van der Waals surface area contributed by atoms with E-state index in [4.69, 9.17) is 4.74 Å².